The lowest BCUT2D eigenvalue weighted by atomic mass is 10.2. The predicted octanol–water partition coefficient (Wildman–Crippen LogP) is 8.63. The Morgan fingerprint density at radius 1 is 0.516 bits per heavy atom. The number of hydrogen-bond donors (Lipinski definition) is 0. The van der Waals surface area contributed by atoms with Crippen LogP contribution >= 0.6 is 35.3 Å². The zero-order chi connectivity index (χ0) is 21.6. The lowest BCUT2D eigenvalue weighted by Gasteiger charge is -2.10. The summed E-state index contributed by atoms with van der Waals surface area (Å²) in [5, 5.41) is 9.85. The summed E-state index contributed by atoms with van der Waals surface area (Å²) in [5.41, 5.74) is 3.24. The van der Waals surface area contributed by atoms with E-state index in [1.54, 1.807) is 35.3 Å². The maximum atomic E-state index is 9.85. The zero-order valence-electron chi connectivity index (χ0n) is 17.3. The molecule has 4 heteroatoms. The van der Waals surface area contributed by atoms with Crippen molar-refractivity contribution in [1.29, 1.82) is 5.26 Å². The van der Waals surface area contributed by atoms with E-state index in [2.05, 4.69) is 92.7 Å². The molecule has 1 nitrogen and oxygen atoms in total. The van der Waals surface area contributed by atoms with Gasteiger partial charge in [-0.1, -0.05) is 76.7 Å². The largest absolute Gasteiger partial charge is 0.192 e. The number of hydrogen-bond acceptors (Lipinski definition) is 4. The second-order valence-corrected chi connectivity index (χ2v) is 10.5. The van der Waals surface area contributed by atoms with Crippen LogP contribution in [-0.2, 0) is 0 Å². The molecular weight excluding hydrogens is 435 g/mol. The summed E-state index contributed by atoms with van der Waals surface area (Å²) in [6.45, 7) is 4.18. The summed E-state index contributed by atoms with van der Waals surface area (Å²) in [5.74, 6) is 0. The van der Waals surface area contributed by atoms with Gasteiger partial charge in [-0.05, 0) is 74.5 Å². The van der Waals surface area contributed by atoms with Gasteiger partial charge in [0, 0.05) is 29.4 Å². The van der Waals surface area contributed by atoms with Crippen molar-refractivity contribution in [2.75, 3.05) is 0 Å². The van der Waals surface area contributed by atoms with Crippen LogP contribution in [0, 0.1) is 25.2 Å². The number of rotatable bonds is 6. The van der Waals surface area contributed by atoms with E-state index in [9.17, 15) is 5.26 Å². The van der Waals surface area contributed by atoms with Crippen molar-refractivity contribution in [2.24, 2.45) is 0 Å². The third-order valence-electron chi connectivity index (χ3n) is 4.66. The van der Waals surface area contributed by atoms with Crippen LogP contribution in [0.4, 0.5) is 0 Å². The molecule has 31 heavy (non-hydrogen) atoms. The van der Waals surface area contributed by atoms with Gasteiger partial charge in [-0.3, -0.25) is 0 Å². The highest BCUT2D eigenvalue weighted by molar-refractivity contribution is 8.00. The molecule has 0 aliphatic heterocycles. The molecule has 0 radical (unpaired) electrons. The van der Waals surface area contributed by atoms with Crippen LogP contribution in [0.3, 0.4) is 0 Å². The molecule has 0 bridgehead atoms. The van der Waals surface area contributed by atoms with Crippen molar-refractivity contribution in [3.63, 3.8) is 0 Å². The maximum absolute atomic E-state index is 9.85. The van der Waals surface area contributed by atoms with Gasteiger partial charge in [0.1, 0.15) is 6.07 Å². The molecule has 4 rings (SSSR count). The van der Waals surface area contributed by atoms with E-state index >= 15 is 0 Å². The summed E-state index contributed by atoms with van der Waals surface area (Å²) < 4.78 is 0. The fourth-order valence-corrected chi connectivity index (χ4v) is 5.71. The first-order chi connectivity index (χ1) is 15.1. The van der Waals surface area contributed by atoms with Crippen LogP contribution in [0.1, 0.15) is 16.7 Å². The average molecular weight is 456 g/mol. The molecule has 152 valence electrons. The Bertz CT molecular complexity index is 1210. The lowest BCUT2D eigenvalue weighted by Crippen LogP contribution is -1.86. The molecule has 4 aromatic carbocycles. The van der Waals surface area contributed by atoms with Gasteiger partial charge in [0.2, 0.25) is 0 Å². The van der Waals surface area contributed by atoms with E-state index in [0.717, 1.165) is 25.1 Å². The minimum atomic E-state index is 0.733. The molecule has 0 aliphatic carbocycles. The average Bonchev–Trinajstić information content (AvgIpc) is 2.78. The van der Waals surface area contributed by atoms with Gasteiger partial charge in [0.25, 0.3) is 0 Å². The Morgan fingerprint density at radius 2 is 0.871 bits per heavy atom. The van der Waals surface area contributed by atoms with E-state index in [-0.39, 0.29) is 0 Å². The van der Waals surface area contributed by atoms with Crippen LogP contribution in [0.5, 0.6) is 0 Å². The predicted molar refractivity (Wildman–Crippen MR) is 132 cm³/mol. The molecule has 0 aromatic heterocycles. The third-order valence-corrected chi connectivity index (χ3v) is 7.81. The van der Waals surface area contributed by atoms with E-state index in [1.165, 1.54) is 20.9 Å². The van der Waals surface area contributed by atoms with Gasteiger partial charge in [-0.2, -0.15) is 5.26 Å². The van der Waals surface area contributed by atoms with Gasteiger partial charge in [-0.25, -0.2) is 0 Å². The van der Waals surface area contributed by atoms with Gasteiger partial charge in [-0.15, -0.1) is 0 Å². The highest BCUT2D eigenvalue weighted by Gasteiger charge is 2.11. The number of aryl methyl sites for hydroxylation is 2. The van der Waals surface area contributed by atoms with Crippen molar-refractivity contribution in [2.45, 2.75) is 43.2 Å². The molecule has 0 fully saturated rings. The molecule has 0 unspecified atom stereocenters. The van der Waals surface area contributed by atoms with Crippen molar-refractivity contribution in [3.05, 3.63) is 108 Å². The Morgan fingerprint density at radius 3 is 1.26 bits per heavy atom. The van der Waals surface area contributed by atoms with Crippen molar-refractivity contribution in [1.82, 2.24) is 0 Å². The fraction of sp³-hybridized carbons (Fsp3) is 0.0741. The van der Waals surface area contributed by atoms with Crippen LogP contribution < -0.4 is 0 Å². The topological polar surface area (TPSA) is 23.8 Å². The highest BCUT2D eigenvalue weighted by atomic mass is 32.2. The quantitative estimate of drug-likeness (QED) is 0.290. The molecular formula is C27H21NS3. The Hall–Kier alpha value is -2.58. The zero-order valence-corrected chi connectivity index (χ0v) is 19.8. The van der Waals surface area contributed by atoms with E-state index in [1.807, 2.05) is 18.2 Å². The van der Waals surface area contributed by atoms with Crippen LogP contribution in [0.15, 0.2) is 120 Å². The van der Waals surface area contributed by atoms with Crippen LogP contribution in [0.25, 0.3) is 0 Å². The van der Waals surface area contributed by atoms with Gasteiger partial charge in [0.15, 0.2) is 0 Å². The summed E-state index contributed by atoms with van der Waals surface area (Å²) in [7, 11) is 0. The van der Waals surface area contributed by atoms with Gasteiger partial charge >= 0.3 is 0 Å². The SMILES string of the molecule is Cc1ccc(Sc2ccc(Sc3cccc(Sc4ccc(C)cc4)c3C#N)cc2)cc1. The highest BCUT2D eigenvalue weighted by Crippen LogP contribution is 2.38. The third kappa shape index (κ3) is 5.77. The maximum Gasteiger partial charge on any atom is 0.102 e. The monoisotopic (exact) mass is 455 g/mol. The van der Waals surface area contributed by atoms with Crippen LogP contribution in [0.2, 0.25) is 0 Å². The molecule has 0 saturated heterocycles. The molecule has 0 heterocycles. The van der Waals surface area contributed by atoms with Gasteiger partial charge < -0.3 is 0 Å². The Labute approximate surface area is 196 Å². The van der Waals surface area contributed by atoms with E-state index < -0.39 is 0 Å². The van der Waals surface area contributed by atoms with E-state index in [4.69, 9.17) is 0 Å². The lowest BCUT2D eigenvalue weighted by molar-refractivity contribution is 1.24. The number of benzene rings is 4. The van der Waals surface area contributed by atoms with Crippen molar-refractivity contribution < 1.29 is 0 Å². The molecule has 0 atom stereocenters. The fourth-order valence-electron chi connectivity index (χ4n) is 2.97. The summed E-state index contributed by atoms with van der Waals surface area (Å²) in [6, 6.07) is 34.0. The molecule has 4 aromatic rings. The van der Waals surface area contributed by atoms with Crippen molar-refractivity contribution in [3.8, 4) is 6.07 Å². The molecule has 0 amide bonds. The molecule has 0 N–H and O–H groups in total. The molecule has 0 saturated carbocycles. The summed E-state index contributed by atoms with van der Waals surface area (Å²) in [6.07, 6.45) is 0. The normalized spacial score (nSPS) is 10.6. The van der Waals surface area contributed by atoms with Gasteiger partial charge in [0.05, 0.1) is 5.56 Å². The van der Waals surface area contributed by atoms with Crippen molar-refractivity contribution >= 4 is 35.3 Å². The number of nitrogens with zero attached hydrogens (tertiary/aromatic N) is 1. The summed E-state index contributed by atoms with van der Waals surface area (Å²) >= 11 is 5.03. The Kier molecular flexibility index (Phi) is 7.09. The number of nitriles is 1. The molecule has 0 aliphatic rings. The second kappa shape index (κ2) is 10.2. The first-order valence-electron chi connectivity index (χ1n) is 9.91. The first-order valence-corrected chi connectivity index (χ1v) is 12.4. The Balaban J connectivity index is 1.50. The molecule has 0 spiro atoms. The minimum Gasteiger partial charge on any atom is -0.192 e. The standard InChI is InChI=1S/C27H21NS3/c1-19-6-10-21(11-7-19)29-22-14-16-24(17-15-22)31-27-5-3-4-26(25(27)18-28)30-23-12-8-20(2)9-13-23/h3-17H,1-2H3. The van der Waals surface area contributed by atoms with E-state index in [0.29, 0.717) is 0 Å². The first kappa shape index (κ1) is 21.6. The summed E-state index contributed by atoms with van der Waals surface area (Å²) in [4.78, 5) is 6.68. The smallest absolute Gasteiger partial charge is 0.102 e. The van der Waals surface area contributed by atoms with Crippen LogP contribution in [-0.4, -0.2) is 0 Å². The second-order valence-electron chi connectivity index (χ2n) is 7.14. The minimum absolute atomic E-state index is 0.733.